The number of rotatable bonds is 5. The number of hydrogen-bond donors (Lipinski definition) is 2. The molecule has 5 heteroatoms. The van der Waals surface area contributed by atoms with E-state index in [2.05, 4.69) is 0 Å². The normalized spacial score (nSPS) is 14.8. The lowest BCUT2D eigenvalue weighted by molar-refractivity contribution is 0.282. The van der Waals surface area contributed by atoms with Gasteiger partial charge in [-0.25, -0.2) is 0 Å². The van der Waals surface area contributed by atoms with E-state index >= 15 is 0 Å². The van der Waals surface area contributed by atoms with Gasteiger partial charge in [-0.2, -0.15) is 8.42 Å². The lowest BCUT2D eigenvalue weighted by atomic mass is 10.2. The van der Waals surface area contributed by atoms with Crippen molar-refractivity contribution in [3.05, 3.63) is 0 Å². The van der Waals surface area contributed by atoms with Crippen LogP contribution < -0.4 is 0 Å². The van der Waals surface area contributed by atoms with Crippen LogP contribution in [0.25, 0.3) is 0 Å². The number of aliphatic hydroxyl groups is 1. The topological polar surface area (TPSA) is 74.6 Å². The molecule has 2 N–H and O–H groups in total. The third-order valence-electron chi connectivity index (χ3n) is 1.56. The van der Waals surface area contributed by atoms with Crippen LogP contribution in [-0.2, 0) is 10.1 Å². The highest BCUT2D eigenvalue weighted by Gasteiger charge is 2.19. The van der Waals surface area contributed by atoms with Gasteiger partial charge in [-0.3, -0.25) is 4.55 Å². The molecule has 0 saturated carbocycles. The van der Waals surface area contributed by atoms with Crippen LogP contribution in [0.3, 0.4) is 0 Å². The molecule has 1 unspecified atom stereocenters. The molecule has 0 fully saturated rings. The van der Waals surface area contributed by atoms with Crippen molar-refractivity contribution in [3.8, 4) is 0 Å². The lowest BCUT2D eigenvalue weighted by Gasteiger charge is -2.09. The Morgan fingerprint density at radius 2 is 2.00 bits per heavy atom. The van der Waals surface area contributed by atoms with Crippen molar-refractivity contribution in [1.29, 1.82) is 0 Å². The minimum absolute atomic E-state index is 0.0357. The summed E-state index contributed by atoms with van der Waals surface area (Å²) in [5, 5.41) is 7.69. The molecule has 0 bridgehead atoms. The van der Waals surface area contributed by atoms with Crippen molar-refractivity contribution in [2.45, 2.75) is 31.4 Å². The fourth-order valence-corrected chi connectivity index (χ4v) is 1.77. The minimum Gasteiger partial charge on any atom is -0.396 e. The van der Waals surface area contributed by atoms with Crippen molar-refractivity contribution in [1.82, 2.24) is 0 Å². The van der Waals surface area contributed by atoms with E-state index < -0.39 is 15.4 Å². The van der Waals surface area contributed by atoms with E-state index in [1.54, 1.807) is 6.92 Å². The smallest absolute Gasteiger partial charge is 0.267 e. The Labute approximate surface area is 67.0 Å². The molecule has 0 radical (unpaired) electrons. The van der Waals surface area contributed by atoms with Crippen molar-refractivity contribution in [2.75, 3.05) is 6.61 Å². The van der Waals surface area contributed by atoms with E-state index in [9.17, 15) is 8.42 Å². The maximum Gasteiger partial charge on any atom is 0.267 e. The average molecular weight is 182 g/mol. The van der Waals surface area contributed by atoms with Crippen molar-refractivity contribution >= 4 is 10.1 Å². The molecule has 0 aromatic heterocycles. The monoisotopic (exact) mass is 182 g/mol. The van der Waals surface area contributed by atoms with Crippen molar-refractivity contribution in [2.24, 2.45) is 0 Å². The van der Waals surface area contributed by atoms with Crippen molar-refractivity contribution in [3.63, 3.8) is 0 Å². The second-order valence-corrected chi connectivity index (χ2v) is 4.11. The van der Waals surface area contributed by atoms with Crippen LogP contribution in [0.5, 0.6) is 0 Å². The molecule has 1 atom stereocenters. The number of hydrogen-bond acceptors (Lipinski definition) is 3. The number of aliphatic hydroxyl groups excluding tert-OH is 1. The highest BCUT2D eigenvalue weighted by atomic mass is 32.2. The maximum atomic E-state index is 10.5. The van der Waals surface area contributed by atoms with E-state index in [-0.39, 0.29) is 6.61 Å². The molecule has 0 heterocycles. The molecule has 0 aliphatic carbocycles. The summed E-state index contributed by atoms with van der Waals surface area (Å²) in [6.07, 6.45) is 1.13. The van der Waals surface area contributed by atoms with E-state index in [1.807, 2.05) is 0 Å². The maximum absolute atomic E-state index is 10.5. The van der Waals surface area contributed by atoms with Gasteiger partial charge in [-0.05, 0) is 19.3 Å². The fraction of sp³-hybridized carbons (Fsp3) is 1.00. The molecule has 0 aliphatic heterocycles. The van der Waals surface area contributed by atoms with Gasteiger partial charge in [0, 0.05) is 6.61 Å². The fourth-order valence-electron chi connectivity index (χ4n) is 0.883. The predicted molar refractivity (Wildman–Crippen MR) is 41.9 cm³/mol. The molecule has 0 amide bonds. The zero-order chi connectivity index (χ0) is 8.91. The Balaban J connectivity index is 3.97. The van der Waals surface area contributed by atoms with E-state index in [0.717, 1.165) is 0 Å². The van der Waals surface area contributed by atoms with Gasteiger partial charge >= 0.3 is 0 Å². The van der Waals surface area contributed by atoms with E-state index in [1.165, 1.54) is 0 Å². The summed E-state index contributed by atoms with van der Waals surface area (Å²) in [7, 11) is -3.90. The van der Waals surface area contributed by atoms with Crippen LogP contribution in [0, 0.1) is 0 Å². The van der Waals surface area contributed by atoms with Crippen LogP contribution >= 0.6 is 0 Å². The Hall–Kier alpha value is -0.130. The summed E-state index contributed by atoms with van der Waals surface area (Å²) in [5.41, 5.74) is 0. The molecular formula is C6H14O4S. The van der Waals surface area contributed by atoms with Crippen LogP contribution in [0.15, 0.2) is 0 Å². The molecule has 0 aromatic carbocycles. The average Bonchev–Trinajstić information content (AvgIpc) is 1.87. The van der Waals surface area contributed by atoms with Crippen LogP contribution in [0.4, 0.5) is 0 Å². The molecule has 0 aliphatic rings. The first-order valence-electron chi connectivity index (χ1n) is 3.59. The van der Waals surface area contributed by atoms with Gasteiger partial charge < -0.3 is 5.11 Å². The second-order valence-electron chi connectivity index (χ2n) is 2.41. The quantitative estimate of drug-likeness (QED) is 0.604. The Bertz CT molecular complexity index is 185. The molecule has 68 valence electrons. The van der Waals surface area contributed by atoms with E-state index in [0.29, 0.717) is 19.3 Å². The van der Waals surface area contributed by atoms with Gasteiger partial charge in [0.1, 0.15) is 0 Å². The summed E-state index contributed by atoms with van der Waals surface area (Å²) >= 11 is 0. The van der Waals surface area contributed by atoms with Crippen molar-refractivity contribution < 1.29 is 18.1 Å². The highest BCUT2D eigenvalue weighted by Crippen LogP contribution is 2.10. The molecule has 4 nitrogen and oxygen atoms in total. The predicted octanol–water partition coefficient (Wildman–Crippen LogP) is 0.425. The Morgan fingerprint density at radius 3 is 2.27 bits per heavy atom. The molecule has 11 heavy (non-hydrogen) atoms. The van der Waals surface area contributed by atoms with Crippen LogP contribution in [0.2, 0.25) is 0 Å². The summed E-state index contributed by atoms with van der Waals surface area (Å²) < 4.78 is 29.7. The molecular weight excluding hydrogens is 168 g/mol. The van der Waals surface area contributed by atoms with Gasteiger partial charge in [0.05, 0.1) is 5.25 Å². The third-order valence-corrected chi connectivity index (χ3v) is 2.97. The molecule has 0 aromatic rings. The highest BCUT2D eigenvalue weighted by molar-refractivity contribution is 7.86. The zero-order valence-electron chi connectivity index (χ0n) is 6.52. The van der Waals surface area contributed by atoms with Crippen LogP contribution in [0.1, 0.15) is 26.2 Å². The second kappa shape index (κ2) is 4.69. The Kier molecular flexibility index (Phi) is 4.63. The Morgan fingerprint density at radius 1 is 1.45 bits per heavy atom. The first kappa shape index (κ1) is 10.9. The first-order chi connectivity index (χ1) is 5.02. The van der Waals surface area contributed by atoms with Gasteiger partial charge in [0.25, 0.3) is 10.1 Å². The molecule has 0 spiro atoms. The standard InChI is InChI=1S/C6H14O4S/c1-2-6(4-3-5-7)11(8,9)10/h6-7H,2-5H2,1H3,(H,8,9,10). The SMILES string of the molecule is CCC(CCCO)S(=O)(=O)O. The third kappa shape index (κ3) is 4.34. The van der Waals surface area contributed by atoms with Gasteiger partial charge in [0.2, 0.25) is 0 Å². The zero-order valence-corrected chi connectivity index (χ0v) is 7.34. The summed E-state index contributed by atoms with van der Waals surface area (Å²) in [6, 6.07) is 0. The summed E-state index contributed by atoms with van der Waals surface area (Å²) in [4.78, 5) is 0. The summed E-state index contributed by atoms with van der Waals surface area (Å²) in [6.45, 7) is 1.65. The first-order valence-corrected chi connectivity index (χ1v) is 5.09. The summed E-state index contributed by atoms with van der Waals surface area (Å²) in [5.74, 6) is 0. The minimum atomic E-state index is -3.90. The largest absolute Gasteiger partial charge is 0.396 e. The van der Waals surface area contributed by atoms with E-state index in [4.69, 9.17) is 9.66 Å². The van der Waals surface area contributed by atoms with Gasteiger partial charge in [-0.1, -0.05) is 6.92 Å². The van der Waals surface area contributed by atoms with Crippen LogP contribution in [-0.4, -0.2) is 29.9 Å². The van der Waals surface area contributed by atoms with Gasteiger partial charge in [-0.15, -0.1) is 0 Å². The van der Waals surface area contributed by atoms with Gasteiger partial charge in [0.15, 0.2) is 0 Å². The molecule has 0 saturated heterocycles. The lowest BCUT2D eigenvalue weighted by Crippen LogP contribution is -2.19. The molecule has 0 rings (SSSR count).